The van der Waals surface area contributed by atoms with Crippen LogP contribution in [0.3, 0.4) is 0 Å². The average Bonchev–Trinajstić information content (AvgIpc) is 2.40. The van der Waals surface area contributed by atoms with Gasteiger partial charge in [-0.25, -0.2) is 0 Å². The van der Waals surface area contributed by atoms with Gasteiger partial charge in [0.25, 0.3) is 0 Å². The molecule has 0 unspecified atom stereocenters. The molecule has 2 heteroatoms. The van der Waals surface area contributed by atoms with Crippen molar-refractivity contribution >= 4 is 5.52 Å². The highest BCUT2D eigenvalue weighted by atomic mass is 14.9. The zero-order chi connectivity index (χ0) is 8.55. The van der Waals surface area contributed by atoms with Crippen LogP contribution in [-0.2, 0) is 0 Å². The monoisotopic (exact) mass is 156 g/mol. The molecule has 2 heterocycles. The maximum absolute atomic E-state index is 8.83. The van der Waals surface area contributed by atoms with Crippen molar-refractivity contribution in [1.82, 2.24) is 4.40 Å². The third-order valence-electron chi connectivity index (χ3n) is 1.98. The van der Waals surface area contributed by atoms with Gasteiger partial charge in [0.1, 0.15) is 11.8 Å². The Morgan fingerprint density at radius 1 is 1.42 bits per heavy atom. The number of fused-ring (bicyclic) bond motifs is 1. The first kappa shape index (κ1) is 6.93. The lowest BCUT2D eigenvalue weighted by molar-refractivity contribution is 1.14. The van der Waals surface area contributed by atoms with Crippen molar-refractivity contribution in [3.05, 3.63) is 41.7 Å². The van der Waals surface area contributed by atoms with Crippen LogP contribution < -0.4 is 0 Å². The molecule has 2 rings (SSSR count). The van der Waals surface area contributed by atoms with Crippen LogP contribution >= 0.6 is 0 Å². The highest BCUT2D eigenvalue weighted by Gasteiger charge is 2.03. The Labute approximate surface area is 70.7 Å². The molecule has 0 aliphatic carbocycles. The van der Waals surface area contributed by atoms with Gasteiger partial charge in [0.05, 0.1) is 0 Å². The molecule has 0 radical (unpaired) electrons. The van der Waals surface area contributed by atoms with Crippen LogP contribution in [-0.4, -0.2) is 4.40 Å². The van der Waals surface area contributed by atoms with E-state index < -0.39 is 0 Å². The Balaban J connectivity index is 2.93. The zero-order valence-corrected chi connectivity index (χ0v) is 6.78. The Bertz CT molecular complexity index is 460. The smallest absolute Gasteiger partial charge is 0.127 e. The molecule has 0 spiro atoms. The number of hydrogen-bond donors (Lipinski definition) is 0. The Hall–Kier alpha value is -1.75. The van der Waals surface area contributed by atoms with Crippen LogP contribution in [0.25, 0.3) is 5.52 Å². The number of aryl methyl sites for hydroxylation is 1. The molecule has 2 nitrogen and oxygen atoms in total. The van der Waals surface area contributed by atoms with Crippen molar-refractivity contribution < 1.29 is 0 Å². The topological polar surface area (TPSA) is 28.2 Å². The number of nitrogens with zero attached hydrogens (tertiary/aromatic N) is 2. The van der Waals surface area contributed by atoms with Crippen LogP contribution in [0.2, 0.25) is 0 Å². The van der Waals surface area contributed by atoms with Gasteiger partial charge in [-0.1, -0.05) is 6.07 Å². The molecule has 58 valence electrons. The van der Waals surface area contributed by atoms with E-state index in [4.69, 9.17) is 5.26 Å². The third-order valence-corrected chi connectivity index (χ3v) is 1.98. The van der Waals surface area contributed by atoms with Crippen LogP contribution in [0.1, 0.15) is 11.3 Å². The molecule has 0 bridgehead atoms. The van der Waals surface area contributed by atoms with Crippen LogP contribution in [0.5, 0.6) is 0 Å². The molecule has 0 saturated heterocycles. The van der Waals surface area contributed by atoms with Crippen molar-refractivity contribution in [1.29, 1.82) is 5.26 Å². The van der Waals surface area contributed by atoms with Crippen molar-refractivity contribution in [3.8, 4) is 6.07 Å². The lowest BCUT2D eigenvalue weighted by Crippen LogP contribution is -1.86. The second-order valence-corrected chi connectivity index (χ2v) is 2.78. The molecule has 0 fully saturated rings. The molecule has 12 heavy (non-hydrogen) atoms. The first-order valence-corrected chi connectivity index (χ1v) is 3.80. The highest BCUT2D eigenvalue weighted by molar-refractivity contribution is 5.55. The van der Waals surface area contributed by atoms with E-state index >= 15 is 0 Å². The summed E-state index contributed by atoms with van der Waals surface area (Å²) >= 11 is 0. The van der Waals surface area contributed by atoms with Crippen LogP contribution in [0.15, 0.2) is 30.5 Å². The SMILES string of the molecule is Cc1cc2ccccn2c1C#N. The van der Waals surface area contributed by atoms with Crippen molar-refractivity contribution in [2.75, 3.05) is 0 Å². The fraction of sp³-hybridized carbons (Fsp3) is 0.100. The number of hydrogen-bond acceptors (Lipinski definition) is 1. The minimum Gasteiger partial charge on any atom is -0.308 e. The quantitative estimate of drug-likeness (QED) is 0.574. The largest absolute Gasteiger partial charge is 0.308 e. The van der Waals surface area contributed by atoms with E-state index in [1.165, 1.54) is 0 Å². The first-order chi connectivity index (χ1) is 5.83. The maximum Gasteiger partial charge on any atom is 0.127 e. The molecule has 0 aliphatic rings. The van der Waals surface area contributed by atoms with E-state index in [-0.39, 0.29) is 0 Å². The van der Waals surface area contributed by atoms with Gasteiger partial charge in [-0.3, -0.25) is 0 Å². The summed E-state index contributed by atoms with van der Waals surface area (Å²) < 4.78 is 1.90. The predicted molar refractivity (Wildman–Crippen MR) is 46.8 cm³/mol. The van der Waals surface area contributed by atoms with Gasteiger partial charge in [-0.05, 0) is 30.7 Å². The molecule has 2 aromatic heterocycles. The molecule has 0 atom stereocenters. The summed E-state index contributed by atoms with van der Waals surface area (Å²) in [5, 5.41) is 8.83. The third kappa shape index (κ3) is 0.802. The molecule has 0 amide bonds. The molecular formula is C10H8N2. The fourth-order valence-electron chi connectivity index (χ4n) is 1.40. The minimum atomic E-state index is 0.727. The van der Waals surface area contributed by atoms with Gasteiger partial charge in [0.15, 0.2) is 0 Å². The van der Waals surface area contributed by atoms with E-state index in [0.717, 1.165) is 16.8 Å². The zero-order valence-electron chi connectivity index (χ0n) is 6.78. The van der Waals surface area contributed by atoms with Crippen molar-refractivity contribution in [3.63, 3.8) is 0 Å². The molecule has 0 aliphatic heterocycles. The second kappa shape index (κ2) is 2.38. The maximum atomic E-state index is 8.83. The molecule has 0 saturated carbocycles. The summed E-state index contributed by atoms with van der Waals surface area (Å²) in [6, 6.07) is 10.1. The van der Waals surface area contributed by atoms with E-state index in [9.17, 15) is 0 Å². The second-order valence-electron chi connectivity index (χ2n) is 2.78. The number of rotatable bonds is 0. The van der Waals surface area contributed by atoms with Crippen LogP contribution in [0, 0.1) is 18.3 Å². The van der Waals surface area contributed by atoms with Gasteiger partial charge in [-0.15, -0.1) is 0 Å². The standard InChI is InChI=1S/C10H8N2/c1-8-6-9-4-2-3-5-12(9)10(8)7-11/h2-6H,1H3. The summed E-state index contributed by atoms with van der Waals surface area (Å²) in [5.74, 6) is 0. The number of aromatic nitrogens is 1. The average molecular weight is 156 g/mol. The summed E-state index contributed by atoms with van der Waals surface area (Å²) in [6.07, 6.45) is 1.90. The van der Waals surface area contributed by atoms with Crippen LogP contribution in [0.4, 0.5) is 0 Å². The first-order valence-electron chi connectivity index (χ1n) is 3.80. The lowest BCUT2D eigenvalue weighted by Gasteiger charge is -1.93. The minimum absolute atomic E-state index is 0.727. The summed E-state index contributed by atoms with van der Waals surface area (Å²) in [5.41, 5.74) is 2.83. The van der Waals surface area contributed by atoms with E-state index in [0.29, 0.717) is 0 Å². The van der Waals surface area contributed by atoms with E-state index in [2.05, 4.69) is 6.07 Å². The van der Waals surface area contributed by atoms with Gasteiger partial charge < -0.3 is 4.40 Å². The summed E-state index contributed by atoms with van der Waals surface area (Å²) in [6.45, 7) is 1.95. The number of nitriles is 1. The molecular weight excluding hydrogens is 148 g/mol. The van der Waals surface area contributed by atoms with Gasteiger partial charge in [0.2, 0.25) is 0 Å². The molecule has 2 aromatic rings. The molecule has 0 N–H and O–H groups in total. The Morgan fingerprint density at radius 2 is 2.25 bits per heavy atom. The Morgan fingerprint density at radius 3 is 3.00 bits per heavy atom. The van der Waals surface area contributed by atoms with Crippen molar-refractivity contribution in [2.45, 2.75) is 6.92 Å². The normalized spacial score (nSPS) is 10.0. The predicted octanol–water partition coefficient (Wildman–Crippen LogP) is 2.12. The van der Waals surface area contributed by atoms with Gasteiger partial charge in [-0.2, -0.15) is 5.26 Å². The van der Waals surface area contributed by atoms with Gasteiger partial charge in [0, 0.05) is 11.7 Å². The molecule has 0 aromatic carbocycles. The fourth-order valence-corrected chi connectivity index (χ4v) is 1.40. The van der Waals surface area contributed by atoms with Crippen molar-refractivity contribution in [2.24, 2.45) is 0 Å². The summed E-state index contributed by atoms with van der Waals surface area (Å²) in [7, 11) is 0. The highest BCUT2D eigenvalue weighted by Crippen LogP contribution is 2.13. The van der Waals surface area contributed by atoms with Gasteiger partial charge >= 0.3 is 0 Å². The Kier molecular flexibility index (Phi) is 1.38. The van der Waals surface area contributed by atoms with E-state index in [1.807, 2.05) is 41.8 Å². The number of pyridine rings is 1. The lowest BCUT2D eigenvalue weighted by atomic mass is 10.3. The van der Waals surface area contributed by atoms with E-state index in [1.54, 1.807) is 0 Å². The summed E-state index contributed by atoms with van der Waals surface area (Å²) in [4.78, 5) is 0.